The van der Waals surface area contributed by atoms with Crippen LogP contribution in [0.3, 0.4) is 0 Å². The molecule has 1 aliphatic rings. The van der Waals surface area contributed by atoms with Gasteiger partial charge in [0.1, 0.15) is 5.82 Å². The van der Waals surface area contributed by atoms with Crippen LogP contribution in [0, 0.1) is 0 Å². The number of nitrogens with zero attached hydrogens (tertiary/aromatic N) is 3. The lowest BCUT2D eigenvalue weighted by atomic mass is 10.1. The summed E-state index contributed by atoms with van der Waals surface area (Å²) < 4.78 is 2.13. The fourth-order valence-electron chi connectivity index (χ4n) is 4.32. The Balaban J connectivity index is 1.23. The van der Waals surface area contributed by atoms with E-state index in [0.717, 1.165) is 34.7 Å². The number of amides is 3. The van der Waals surface area contributed by atoms with Gasteiger partial charge in [-0.3, -0.25) is 19.3 Å². The van der Waals surface area contributed by atoms with Gasteiger partial charge in [0.05, 0.1) is 28.7 Å². The second kappa shape index (κ2) is 9.31. The van der Waals surface area contributed by atoms with E-state index in [9.17, 15) is 14.4 Å². The zero-order valence-corrected chi connectivity index (χ0v) is 18.6. The largest absolute Gasteiger partial charge is 0.349 e. The number of aromatic nitrogens is 2. The normalized spacial score (nSPS) is 12.9. The lowest BCUT2D eigenvalue weighted by Crippen LogP contribution is -2.34. The van der Waals surface area contributed by atoms with Gasteiger partial charge < -0.3 is 9.88 Å². The van der Waals surface area contributed by atoms with Crippen LogP contribution in [-0.4, -0.2) is 38.7 Å². The number of imidazole rings is 1. The molecule has 3 aromatic carbocycles. The first-order chi connectivity index (χ1) is 16.6. The summed E-state index contributed by atoms with van der Waals surface area (Å²) >= 11 is 0. The van der Waals surface area contributed by atoms with Crippen molar-refractivity contribution in [1.82, 2.24) is 19.8 Å². The number of benzene rings is 3. The molecule has 2 heterocycles. The highest BCUT2D eigenvalue weighted by atomic mass is 16.2. The van der Waals surface area contributed by atoms with E-state index in [-0.39, 0.29) is 37.2 Å². The molecule has 0 unspecified atom stereocenters. The van der Waals surface area contributed by atoms with E-state index in [0.29, 0.717) is 11.1 Å². The monoisotopic (exact) mass is 452 g/mol. The first-order valence-electron chi connectivity index (χ1n) is 11.3. The minimum Gasteiger partial charge on any atom is -0.349 e. The van der Waals surface area contributed by atoms with Crippen LogP contribution in [0.4, 0.5) is 0 Å². The minimum absolute atomic E-state index is 0.0374. The molecule has 7 nitrogen and oxygen atoms in total. The van der Waals surface area contributed by atoms with Gasteiger partial charge in [0, 0.05) is 19.5 Å². The molecule has 0 saturated heterocycles. The van der Waals surface area contributed by atoms with E-state index in [4.69, 9.17) is 4.98 Å². The zero-order valence-electron chi connectivity index (χ0n) is 18.6. The van der Waals surface area contributed by atoms with E-state index >= 15 is 0 Å². The molecule has 0 aliphatic carbocycles. The topological polar surface area (TPSA) is 84.3 Å². The number of carbonyl (C=O) groups excluding carboxylic acids is 3. The maximum absolute atomic E-state index is 12.6. The van der Waals surface area contributed by atoms with E-state index in [1.165, 1.54) is 5.56 Å². The van der Waals surface area contributed by atoms with Gasteiger partial charge >= 0.3 is 0 Å². The van der Waals surface area contributed by atoms with Gasteiger partial charge in [-0.1, -0.05) is 54.6 Å². The third kappa shape index (κ3) is 4.20. The maximum atomic E-state index is 12.6. The Labute approximate surface area is 197 Å². The van der Waals surface area contributed by atoms with Crippen molar-refractivity contribution in [2.45, 2.75) is 25.9 Å². The van der Waals surface area contributed by atoms with Crippen LogP contribution in [-0.2, 0) is 24.3 Å². The van der Waals surface area contributed by atoms with Gasteiger partial charge in [0.15, 0.2) is 0 Å². The number of fused-ring (bicyclic) bond motifs is 2. The molecule has 1 aliphatic heterocycles. The molecule has 4 aromatic rings. The van der Waals surface area contributed by atoms with Crippen LogP contribution in [0.5, 0.6) is 0 Å². The molecule has 0 saturated carbocycles. The average molecular weight is 453 g/mol. The van der Waals surface area contributed by atoms with Crippen LogP contribution >= 0.6 is 0 Å². The van der Waals surface area contributed by atoms with Gasteiger partial charge in [0.25, 0.3) is 11.8 Å². The molecule has 34 heavy (non-hydrogen) atoms. The molecule has 0 atom stereocenters. The van der Waals surface area contributed by atoms with E-state index < -0.39 is 0 Å². The number of hydrogen-bond donors (Lipinski definition) is 1. The molecule has 3 amide bonds. The smallest absolute Gasteiger partial charge is 0.261 e. The molecule has 1 N–H and O–H groups in total. The van der Waals surface area contributed by atoms with Gasteiger partial charge in [-0.2, -0.15) is 0 Å². The molecule has 7 heteroatoms. The second-order valence-corrected chi connectivity index (χ2v) is 8.24. The summed E-state index contributed by atoms with van der Waals surface area (Å²) in [4.78, 5) is 43.4. The second-order valence-electron chi connectivity index (χ2n) is 8.24. The minimum atomic E-state index is -0.351. The lowest BCUT2D eigenvalue weighted by Gasteiger charge is -2.14. The third-order valence-electron chi connectivity index (χ3n) is 6.08. The van der Waals surface area contributed by atoms with Crippen molar-refractivity contribution >= 4 is 28.8 Å². The Morgan fingerprint density at radius 1 is 0.794 bits per heavy atom. The summed E-state index contributed by atoms with van der Waals surface area (Å²) in [7, 11) is 0. The Morgan fingerprint density at radius 2 is 1.44 bits per heavy atom. The highest BCUT2D eigenvalue weighted by molar-refractivity contribution is 6.21. The van der Waals surface area contributed by atoms with Crippen LogP contribution in [0.2, 0.25) is 0 Å². The van der Waals surface area contributed by atoms with Gasteiger partial charge in [-0.25, -0.2) is 4.98 Å². The Morgan fingerprint density at radius 3 is 2.18 bits per heavy atom. The van der Waals surface area contributed by atoms with Crippen molar-refractivity contribution in [2.24, 2.45) is 0 Å². The number of nitrogens with one attached hydrogen (secondary N) is 1. The Hall–Kier alpha value is -4.26. The lowest BCUT2D eigenvalue weighted by molar-refractivity contribution is -0.121. The quantitative estimate of drug-likeness (QED) is 0.414. The summed E-state index contributed by atoms with van der Waals surface area (Å²) in [5, 5.41) is 2.90. The SMILES string of the molecule is O=C(CCN1C(=O)c2ccccc2C1=O)NCc1nc2ccccc2n1CCc1ccccc1. The molecule has 5 rings (SSSR count). The van der Waals surface area contributed by atoms with E-state index in [1.54, 1.807) is 24.3 Å². The van der Waals surface area contributed by atoms with Crippen molar-refractivity contribution in [3.63, 3.8) is 0 Å². The van der Waals surface area contributed by atoms with Crippen LogP contribution in [0.25, 0.3) is 11.0 Å². The summed E-state index contributed by atoms with van der Waals surface area (Å²) in [6.45, 7) is 1.05. The van der Waals surface area contributed by atoms with Crippen molar-refractivity contribution in [1.29, 1.82) is 0 Å². The number of imide groups is 1. The molecular formula is C27H24N4O3. The Bertz CT molecular complexity index is 1340. The van der Waals surface area contributed by atoms with Crippen LogP contribution in [0.1, 0.15) is 38.5 Å². The number of hydrogen-bond acceptors (Lipinski definition) is 4. The highest BCUT2D eigenvalue weighted by Gasteiger charge is 2.34. The number of rotatable bonds is 8. The summed E-state index contributed by atoms with van der Waals surface area (Å²) in [5.74, 6) is -0.170. The molecule has 0 bridgehead atoms. The highest BCUT2D eigenvalue weighted by Crippen LogP contribution is 2.22. The number of carbonyl (C=O) groups is 3. The maximum Gasteiger partial charge on any atom is 0.261 e. The van der Waals surface area contributed by atoms with Crippen molar-refractivity contribution in [3.8, 4) is 0 Å². The van der Waals surface area contributed by atoms with Crippen molar-refractivity contribution < 1.29 is 14.4 Å². The Kier molecular flexibility index (Phi) is 5.91. The molecule has 0 radical (unpaired) electrons. The van der Waals surface area contributed by atoms with Gasteiger partial charge in [-0.15, -0.1) is 0 Å². The first kappa shape index (κ1) is 21.6. The van der Waals surface area contributed by atoms with Crippen molar-refractivity contribution in [2.75, 3.05) is 6.54 Å². The zero-order chi connectivity index (χ0) is 23.5. The molecule has 170 valence electrons. The average Bonchev–Trinajstić information content (AvgIpc) is 3.35. The summed E-state index contributed by atoms with van der Waals surface area (Å²) in [6.07, 6.45) is 0.887. The predicted molar refractivity (Wildman–Crippen MR) is 128 cm³/mol. The van der Waals surface area contributed by atoms with E-state index in [2.05, 4.69) is 22.0 Å². The number of para-hydroxylation sites is 2. The van der Waals surface area contributed by atoms with E-state index in [1.807, 2.05) is 42.5 Å². The summed E-state index contributed by atoms with van der Waals surface area (Å²) in [5.41, 5.74) is 3.91. The first-order valence-corrected chi connectivity index (χ1v) is 11.3. The predicted octanol–water partition coefficient (Wildman–Crippen LogP) is 3.58. The molecule has 1 aromatic heterocycles. The van der Waals surface area contributed by atoms with Gasteiger partial charge in [-0.05, 0) is 36.2 Å². The fraction of sp³-hybridized carbons (Fsp3) is 0.185. The number of aryl methyl sites for hydroxylation is 2. The fourth-order valence-corrected chi connectivity index (χ4v) is 4.32. The molecule has 0 spiro atoms. The standard InChI is InChI=1S/C27H24N4O3/c32-25(15-17-31-26(33)20-10-4-5-11-21(20)27(31)34)28-18-24-29-22-12-6-7-13-23(22)30(24)16-14-19-8-2-1-3-9-19/h1-13H,14-18H2,(H,28,32). The molecular weight excluding hydrogens is 428 g/mol. The third-order valence-corrected chi connectivity index (χ3v) is 6.08. The molecule has 0 fully saturated rings. The van der Waals surface area contributed by atoms with Crippen LogP contribution in [0.15, 0.2) is 78.9 Å². The van der Waals surface area contributed by atoms with Gasteiger partial charge in [0.2, 0.25) is 5.91 Å². The summed E-state index contributed by atoms with van der Waals surface area (Å²) in [6, 6.07) is 24.9. The van der Waals surface area contributed by atoms with Crippen molar-refractivity contribution in [3.05, 3.63) is 101 Å². The van der Waals surface area contributed by atoms with Crippen LogP contribution < -0.4 is 5.32 Å².